The Hall–Kier alpha value is -0.930. The highest BCUT2D eigenvalue weighted by Gasteiger charge is 2.28. The number of piperazine rings is 1. The van der Waals surface area contributed by atoms with Crippen molar-refractivity contribution in [2.45, 2.75) is 33.2 Å². The Morgan fingerprint density at radius 1 is 1.32 bits per heavy atom. The standard InChI is InChI=1S/C16H25FN2/c1-4-13(3)16(19-9-7-18-8-10-19)14-11-12(2)5-6-15(14)17/h5-6,11,13,16,18H,4,7-10H2,1-3H3/t13?,16-/m1/s1. The van der Waals surface area contributed by atoms with E-state index in [1.54, 1.807) is 6.07 Å². The lowest BCUT2D eigenvalue weighted by atomic mass is 9.89. The van der Waals surface area contributed by atoms with Gasteiger partial charge in [-0.25, -0.2) is 4.39 Å². The Kier molecular flexibility index (Phi) is 4.94. The number of nitrogens with one attached hydrogen (secondary N) is 1. The number of hydrogen-bond donors (Lipinski definition) is 1. The van der Waals surface area contributed by atoms with Crippen LogP contribution in [-0.2, 0) is 0 Å². The molecule has 1 heterocycles. The summed E-state index contributed by atoms with van der Waals surface area (Å²) in [6.45, 7) is 10.5. The van der Waals surface area contributed by atoms with Gasteiger partial charge in [0.1, 0.15) is 5.82 Å². The first-order valence-corrected chi connectivity index (χ1v) is 7.34. The Balaban J connectivity index is 2.33. The number of nitrogens with zero attached hydrogens (tertiary/aromatic N) is 1. The van der Waals surface area contributed by atoms with Gasteiger partial charge in [-0.3, -0.25) is 4.90 Å². The van der Waals surface area contributed by atoms with Crippen molar-refractivity contribution in [1.29, 1.82) is 0 Å². The van der Waals surface area contributed by atoms with Crippen LogP contribution in [0.5, 0.6) is 0 Å². The molecule has 1 unspecified atom stereocenters. The maximum absolute atomic E-state index is 14.2. The van der Waals surface area contributed by atoms with E-state index in [-0.39, 0.29) is 11.9 Å². The lowest BCUT2D eigenvalue weighted by Gasteiger charge is -2.38. The quantitative estimate of drug-likeness (QED) is 0.899. The fraction of sp³-hybridized carbons (Fsp3) is 0.625. The molecule has 0 aromatic heterocycles. The normalized spacial score (nSPS) is 20.2. The van der Waals surface area contributed by atoms with Crippen molar-refractivity contribution in [1.82, 2.24) is 10.2 Å². The molecule has 0 spiro atoms. The molecule has 1 N–H and O–H groups in total. The molecular weight excluding hydrogens is 239 g/mol. The summed E-state index contributed by atoms with van der Waals surface area (Å²) in [5.41, 5.74) is 2.01. The third kappa shape index (κ3) is 3.34. The molecule has 19 heavy (non-hydrogen) atoms. The van der Waals surface area contributed by atoms with Crippen LogP contribution in [-0.4, -0.2) is 31.1 Å². The van der Waals surface area contributed by atoms with Crippen molar-refractivity contribution in [2.75, 3.05) is 26.2 Å². The van der Waals surface area contributed by atoms with Crippen LogP contribution in [0.2, 0.25) is 0 Å². The topological polar surface area (TPSA) is 15.3 Å². The summed E-state index contributed by atoms with van der Waals surface area (Å²) in [6, 6.07) is 5.69. The minimum Gasteiger partial charge on any atom is -0.314 e. The second-order valence-electron chi connectivity index (χ2n) is 5.64. The number of aryl methyl sites for hydroxylation is 1. The number of hydrogen-bond acceptors (Lipinski definition) is 2. The first-order valence-electron chi connectivity index (χ1n) is 7.34. The molecule has 0 bridgehead atoms. The lowest BCUT2D eigenvalue weighted by molar-refractivity contribution is 0.125. The van der Waals surface area contributed by atoms with Gasteiger partial charge >= 0.3 is 0 Å². The van der Waals surface area contributed by atoms with Crippen LogP contribution < -0.4 is 5.32 Å². The van der Waals surface area contributed by atoms with Crippen molar-refractivity contribution in [3.8, 4) is 0 Å². The first kappa shape index (κ1) is 14.5. The van der Waals surface area contributed by atoms with Gasteiger partial charge in [0.2, 0.25) is 0 Å². The molecule has 2 atom stereocenters. The smallest absolute Gasteiger partial charge is 0.128 e. The second kappa shape index (κ2) is 6.49. The van der Waals surface area contributed by atoms with Gasteiger partial charge in [-0.2, -0.15) is 0 Å². The van der Waals surface area contributed by atoms with E-state index in [2.05, 4.69) is 24.1 Å². The fourth-order valence-corrected chi connectivity index (χ4v) is 2.94. The Bertz CT molecular complexity index is 413. The van der Waals surface area contributed by atoms with Crippen molar-refractivity contribution in [2.24, 2.45) is 5.92 Å². The van der Waals surface area contributed by atoms with Crippen molar-refractivity contribution in [3.63, 3.8) is 0 Å². The zero-order valence-electron chi connectivity index (χ0n) is 12.2. The molecule has 1 aromatic carbocycles. The van der Waals surface area contributed by atoms with Gasteiger partial charge in [0, 0.05) is 37.8 Å². The molecule has 2 rings (SSSR count). The average Bonchev–Trinajstić information content (AvgIpc) is 2.44. The minimum absolute atomic E-state index is 0.0607. The lowest BCUT2D eigenvalue weighted by Crippen LogP contribution is -2.46. The molecule has 0 saturated carbocycles. The maximum Gasteiger partial charge on any atom is 0.128 e. The molecule has 1 aliphatic rings. The Morgan fingerprint density at radius 2 is 2.00 bits per heavy atom. The number of halogens is 1. The molecule has 1 fully saturated rings. The van der Waals surface area contributed by atoms with Crippen LogP contribution in [0.1, 0.15) is 37.4 Å². The van der Waals surface area contributed by atoms with E-state index in [0.717, 1.165) is 43.7 Å². The number of rotatable bonds is 4. The van der Waals surface area contributed by atoms with Crippen molar-refractivity contribution in [3.05, 3.63) is 35.1 Å². The summed E-state index contributed by atoms with van der Waals surface area (Å²) in [4.78, 5) is 2.43. The van der Waals surface area contributed by atoms with Crippen LogP contribution >= 0.6 is 0 Å². The van der Waals surface area contributed by atoms with Gasteiger partial charge in [-0.1, -0.05) is 38.0 Å². The van der Waals surface area contributed by atoms with E-state index in [0.29, 0.717) is 5.92 Å². The van der Waals surface area contributed by atoms with Gasteiger partial charge in [-0.05, 0) is 18.9 Å². The van der Waals surface area contributed by atoms with E-state index < -0.39 is 0 Å². The summed E-state index contributed by atoms with van der Waals surface area (Å²) in [5.74, 6) is 0.406. The summed E-state index contributed by atoms with van der Waals surface area (Å²) in [5, 5.41) is 3.37. The molecule has 0 radical (unpaired) electrons. The fourth-order valence-electron chi connectivity index (χ4n) is 2.94. The van der Waals surface area contributed by atoms with Crippen LogP contribution in [0.3, 0.4) is 0 Å². The molecule has 1 aromatic rings. The van der Waals surface area contributed by atoms with E-state index in [1.807, 2.05) is 19.1 Å². The van der Waals surface area contributed by atoms with Crippen LogP contribution in [0, 0.1) is 18.7 Å². The van der Waals surface area contributed by atoms with Crippen LogP contribution in [0.4, 0.5) is 4.39 Å². The zero-order valence-corrected chi connectivity index (χ0v) is 12.2. The number of benzene rings is 1. The van der Waals surface area contributed by atoms with Crippen molar-refractivity contribution < 1.29 is 4.39 Å². The molecule has 0 aliphatic carbocycles. The molecule has 0 amide bonds. The van der Waals surface area contributed by atoms with Gasteiger partial charge in [0.05, 0.1) is 0 Å². The molecule has 2 nitrogen and oxygen atoms in total. The molecule has 1 aliphatic heterocycles. The summed E-state index contributed by atoms with van der Waals surface area (Å²) < 4.78 is 14.2. The van der Waals surface area contributed by atoms with Crippen LogP contribution in [0.25, 0.3) is 0 Å². The van der Waals surface area contributed by atoms with Crippen molar-refractivity contribution >= 4 is 0 Å². The largest absolute Gasteiger partial charge is 0.314 e. The molecule has 106 valence electrons. The third-order valence-electron chi connectivity index (χ3n) is 4.20. The maximum atomic E-state index is 14.2. The summed E-state index contributed by atoms with van der Waals surface area (Å²) in [7, 11) is 0. The van der Waals surface area contributed by atoms with E-state index in [4.69, 9.17) is 0 Å². The highest BCUT2D eigenvalue weighted by molar-refractivity contribution is 5.27. The van der Waals surface area contributed by atoms with Gasteiger partial charge in [-0.15, -0.1) is 0 Å². The predicted octanol–water partition coefficient (Wildman–Crippen LogP) is 3.13. The minimum atomic E-state index is -0.0607. The zero-order chi connectivity index (χ0) is 13.8. The Labute approximate surface area is 116 Å². The van der Waals surface area contributed by atoms with Gasteiger partial charge in [0.25, 0.3) is 0 Å². The van der Waals surface area contributed by atoms with Gasteiger partial charge < -0.3 is 5.32 Å². The van der Waals surface area contributed by atoms with E-state index >= 15 is 0 Å². The SMILES string of the molecule is CCC(C)[C@H](c1cc(C)ccc1F)N1CCNCC1. The average molecular weight is 264 g/mol. The molecule has 3 heteroatoms. The van der Waals surface area contributed by atoms with E-state index in [9.17, 15) is 4.39 Å². The highest BCUT2D eigenvalue weighted by Crippen LogP contribution is 2.33. The second-order valence-corrected chi connectivity index (χ2v) is 5.64. The molecule has 1 saturated heterocycles. The first-order chi connectivity index (χ1) is 9.13. The predicted molar refractivity (Wildman–Crippen MR) is 77.8 cm³/mol. The third-order valence-corrected chi connectivity index (χ3v) is 4.20. The monoisotopic (exact) mass is 264 g/mol. The van der Waals surface area contributed by atoms with Gasteiger partial charge in [0.15, 0.2) is 0 Å². The Morgan fingerprint density at radius 3 is 2.63 bits per heavy atom. The van der Waals surface area contributed by atoms with Crippen LogP contribution in [0.15, 0.2) is 18.2 Å². The summed E-state index contributed by atoms with van der Waals surface area (Å²) in [6.07, 6.45) is 1.07. The summed E-state index contributed by atoms with van der Waals surface area (Å²) >= 11 is 0. The van der Waals surface area contributed by atoms with E-state index in [1.165, 1.54) is 0 Å². The molecular formula is C16H25FN2. The highest BCUT2D eigenvalue weighted by atomic mass is 19.1.